The van der Waals surface area contributed by atoms with E-state index in [1.165, 1.54) is 0 Å². The highest BCUT2D eigenvalue weighted by molar-refractivity contribution is 5.68. The second kappa shape index (κ2) is 5.87. The van der Waals surface area contributed by atoms with Crippen LogP contribution in [0.3, 0.4) is 0 Å². The van der Waals surface area contributed by atoms with Crippen LogP contribution in [0.15, 0.2) is 30.3 Å². The van der Waals surface area contributed by atoms with Gasteiger partial charge in [0.15, 0.2) is 0 Å². The number of carbonyl (C=O) groups excluding carboxylic acids is 1. The molecule has 1 aromatic rings. The Morgan fingerprint density at radius 3 is 2.28 bits per heavy atom. The first-order valence-corrected chi connectivity index (χ1v) is 6.09. The number of alkyl carbamates (subject to hydrolysis) is 1. The predicted octanol–water partition coefficient (Wildman–Crippen LogP) is 2.60. The molecule has 0 saturated carbocycles. The maximum atomic E-state index is 11.8. The van der Waals surface area contributed by atoms with Crippen LogP contribution >= 0.6 is 0 Å². The highest BCUT2D eigenvalue weighted by atomic mass is 16.6. The molecule has 0 unspecified atom stereocenters. The first-order chi connectivity index (χ1) is 8.29. The number of rotatable bonds is 3. The van der Waals surface area contributed by atoms with E-state index in [4.69, 9.17) is 10.5 Å². The van der Waals surface area contributed by atoms with Gasteiger partial charge in [0.1, 0.15) is 5.60 Å². The predicted molar refractivity (Wildman–Crippen MR) is 72.2 cm³/mol. The molecule has 100 valence electrons. The Morgan fingerprint density at radius 1 is 1.28 bits per heavy atom. The monoisotopic (exact) mass is 250 g/mol. The van der Waals surface area contributed by atoms with E-state index in [0.29, 0.717) is 0 Å². The standard InChI is InChI=1S/C14H22N2O2/c1-10(15)12(11-8-6-5-7-9-11)16-13(17)18-14(2,3)4/h5-10,12H,15H2,1-4H3,(H,16,17)/t10-,12+/m1/s1. The van der Waals surface area contributed by atoms with Crippen LogP contribution in [0, 0.1) is 0 Å². The third-order valence-electron chi connectivity index (χ3n) is 2.36. The lowest BCUT2D eigenvalue weighted by molar-refractivity contribution is 0.0497. The van der Waals surface area contributed by atoms with E-state index in [0.717, 1.165) is 5.56 Å². The second-order valence-corrected chi connectivity index (χ2v) is 5.39. The van der Waals surface area contributed by atoms with Gasteiger partial charge in [0.2, 0.25) is 0 Å². The molecular formula is C14H22N2O2. The molecule has 0 spiro atoms. The summed E-state index contributed by atoms with van der Waals surface area (Å²) in [7, 11) is 0. The SMILES string of the molecule is C[C@@H](N)[C@H](NC(=O)OC(C)(C)C)c1ccccc1. The first kappa shape index (κ1) is 14.5. The summed E-state index contributed by atoms with van der Waals surface area (Å²) in [6.07, 6.45) is -0.450. The zero-order chi connectivity index (χ0) is 13.8. The summed E-state index contributed by atoms with van der Waals surface area (Å²) in [4.78, 5) is 11.8. The zero-order valence-corrected chi connectivity index (χ0v) is 11.4. The first-order valence-electron chi connectivity index (χ1n) is 6.09. The molecule has 4 nitrogen and oxygen atoms in total. The molecule has 0 saturated heterocycles. The third-order valence-corrected chi connectivity index (χ3v) is 2.36. The Labute approximate surface area is 109 Å². The molecule has 1 rings (SSSR count). The Hall–Kier alpha value is -1.55. The summed E-state index contributed by atoms with van der Waals surface area (Å²) in [6, 6.07) is 9.19. The van der Waals surface area contributed by atoms with Gasteiger partial charge >= 0.3 is 6.09 Å². The number of amides is 1. The fourth-order valence-corrected chi connectivity index (χ4v) is 1.61. The largest absolute Gasteiger partial charge is 0.444 e. The van der Waals surface area contributed by atoms with E-state index >= 15 is 0 Å². The minimum Gasteiger partial charge on any atom is -0.444 e. The maximum absolute atomic E-state index is 11.8. The highest BCUT2D eigenvalue weighted by Crippen LogP contribution is 2.16. The third kappa shape index (κ3) is 4.75. The van der Waals surface area contributed by atoms with Gasteiger partial charge in [-0.1, -0.05) is 30.3 Å². The zero-order valence-electron chi connectivity index (χ0n) is 11.4. The molecule has 0 radical (unpaired) electrons. The van der Waals surface area contributed by atoms with E-state index in [2.05, 4.69) is 5.32 Å². The molecule has 0 aliphatic heterocycles. The van der Waals surface area contributed by atoms with Crippen molar-refractivity contribution in [2.45, 2.75) is 45.4 Å². The van der Waals surface area contributed by atoms with Crippen LogP contribution in [0.5, 0.6) is 0 Å². The Kier molecular flexibility index (Phi) is 4.73. The fourth-order valence-electron chi connectivity index (χ4n) is 1.61. The van der Waals surface area contributed by atoms with Crippen molar-refractivity contribution in [2.24, 2.45) is 5.73 Å². The van der Waals surface area contributed by atoms with Crippen molar-refractivity contribution in [3.63, 3.8) is 0 Å². The molecule has 0 bridgehead atoms. The molecular weight excluding hydrogens is 228 g/mol. The number of hydrogen-bond acceptors (Lipinski definition) is 3. The van der Waals surface area contributed by atoms with Gasteiger partial charge in [-0.25, -0.2) is 4.79 Å². The summed E-state index contributed by atoms with van der Waals surface area (Å²) in [5, 5.41) is 2.80. The van der Waals surface area contributed by atoms with Crippen molar-refractivity contribution in [1.82, 2.24) is 5.32 Å². The van der Waals surface area contributed by atoms with Gasteiger partial charge in [0.05, 0.1) is 6.04 Å². The van der Waals surface area contributed by atoms with E-state index in [-0.39, 0.29) is 12.1 Å². The number of nitrogens with two attached hydrogens (primary N) is 1. The van der Waals surface area contributed by atoms with E-state index in [9.17, 15) is 4.79 Å². The van der Waals surface area contributed by atoms with Crippen molar-refractivity contribution in [2.75, 3.05) is 0 Å². The van der Waals surface area contributed by atoms with Gasteiger partial charge in [0.25, 0.3) is 0 Å². The lowest BCUT2D eigenvalue weighted by Gasteiger charge is -2.26. The minimum absolute atomic E-state index is 0.195. The molecule has 0 fully saturated rings. The molecule has 1 amide bonds. The van der Waals surface area contributed by atoms with Crippen LogP contribution in [0.1, 0.15) is 39.3 Å². The molecule has 0 aromatic heterocycles. The molecule has 0 aliphatic rings. The van der Waals surface area contributed by atoms with Crippen LogP contribution in [0.25, 0.3) is 0 Å². The Bertz CT molecular complexity index is 383. The summed E-state index contributed by atoms with van der Waals surface area (Å²) >= 11 is 0. The van der Waals surface area contributed by atoms with Crippen molar-refractivity contribution in [1.29, 1.82) is 0 Å². The molecule has 1 aromatic carbocycles. The molecule has 2 atom stereocenters. The van der Waals surface area contributed by atoms with Gasteiger partial charge in [-0.2, -0.15) is 0 Å². The summed E-state index contributed by atoms with van der Waals surface area (Å²) in [5.74, 6) is 0. The number of benzene rings is 1. The topological polar surface area (TPSA) is 64.3 Å². The molecule has 18 heavy (non-hydrogen) atoms. The molecule has 0 heterocycles. The van der Waals surface area contributed by atoms with Gasteiger partial charge in [0, 0.05) is 6.04 Å². The van der Waals surface area contributed by atoms with Crippen LogP contribution in [0.4, 0.5) is 4.79 Å². The van der Waals surface area contributed by atoms with Gasteiger partial charge in [-0.3, -0.25) is 0 Å². The normalized spacial score (nSPS) is 14.7. The van der Waals surface area contributed by atoms with Crippen molar-refractivity contribution in [3.8, 4) is 0 Å². The molecule has 3 N–H and O–H groups in total. The van der Waals surface area contributed by atoms with Gasteiger partial charge < -0.3 is 15.8 Å². The van der Waals surface area contributed by atoms with E-state index < -0.39 is 11.7 Å². The van der Waals surface area contributed by atoms with Crippen LogP contribution in [-0.2, 0) is 4.74 Å². The average Bonchev–Trinajstić information content (AvgIpc) is 2.24. The number of nitrogens with one attached hydrogen (secondary N) is 1. The smallest absolute Gasteiger partial charge is 0.408 e. The van der Waals surface area contributed by atoms with Crippen molar-refractivity contribution < 1.29 is 9.53 Å². The number of carbonyl (C=O) groups is 1. The molecule has 0 aliphatic carbocycles. The summed E-state index contributed by atoms with van der Waals surface area (Å²) in [6.45, 7) is 7.34. The fraction of sp³-hybridized carbons (Fsp3) is 0.500. The Morgan fingerprint density at radius 2 is 1.83 bits per heavy atom. The van der Waals surface area contributed by atoms with Gasteiger partial charge in [-0.15, -0.1) is 0 Å². The van der Waals surface area contributed by atoms with Crippen LogP contribution < -0.4 is 11.1 Å². The van der Waals surface area contributed by atoms with Crippen LogP contribution in [-0.4, -0.2) is 17.7 Å². The maximum Gasteiger partial charge on any atom is 0.408 e. The van der Waals surface area contributed by atoms with Crippen molar-refractivity contribution in [3.05, 3.63) is 35.9 Å². The van der Waals surface area contributed by atoms with Crippen molar-refractivity contribution >= 4 is 6.09 Å². The average molecular weight is 250 g/mol. The Balaban J connectivity index is 2.74. The quantitative estimate of drug-likeness (QED) is 0.866. The second-order valence-electron chi connectivity index (χ2n) is 5.39. The lowest BCUT2D eigenvalue weighted by atomic mass is 10.0. The number of hydrogen-bond donors (Lipinski definition) is 2. The van der Waals surface area contributed by atoms with Gasteiger partial charge in [-0.05, 0) is 33.3 Å². The van der Waals surface area contributed by atoms with E-state index in [1.807, 2.05) is 58.0 Å². The van der Waals surface area contributed by atoms with E-state index in [1.54, 1.807) is 0 Å². The summed E-state index contributed by atoms with van der Waals surface area (Å²) < 4.78 is 5.23. The highest BCUT2D eigenvalue weighted by Gasteiger charge is 2.22. The summed E-state index contributed by atoms with van der Waals surface area (Å²) in [5.41, 5.74) is 6.37. The minimum atomic E-state index is -0.511. The molecule has 4 heteroatoms. The lowest BCUT2D eigenvalue weighted by Crippen LogP contribution is -2.41. The van der Waals surface area contributed by atoms with Crippen LogP contribution in [0.2, 0.25) is 0 Å². The number of ether oxygens (including phenoxy) is 1.